The van der Waals surface area contributed by atoms with E-state index in [-0.39, 0.29) is 0 Å². The van der Waals surface area contributed by atoms with Crippen LogP contribution in [-0.2, 0) is 22.9 Å². The molecule has 0 amide bonds. The predicted molar refractivity (Wildman–Crippen MR) is 88.6 cm³/mol. The topological polar surface area (TPSA) is 46.2 Å². The zero-order valence-electron chi connectivity index (χ0n) is 11.9. The Morgan fingerprint density at radius 2 is 1.50 bits per heavy atom. The second-order valence-corrected chi connectivity index (χ2v) is 7.18. The highest BCUT2D eigenvalue weighted by Crippen LogP contribution is 2.34. The summed E-state index contributed by atoms with van der Waals surface area (Å²) in [5.41, 5.74) is 3.05. The van der Waals surface area contributed by atoms with Gasteiger partial charge in [-0.05, 0) is 47.6 Å². The molecule has 3 aromatic rings. The Hall–Kier alpha value is -2.33. The molecule has 0 atom stereocenters. The average Bonchev–Trinajstić information content (AvgIpc) is 2.93. The molecular formula is C18H15NO2S. The molecule has 0 saturated heterocycles. The maximum absolute atomic E-state index is 12.7. The van der Waals surface area contributed by atoms with Crippen molar-refractivity contribution in [1.29, 1.82) is 0 Å². The van der Waals surface area contributed by atoms with E-state index in [1.54, 1.807) is 18.2 Å². The lowest BCUT2D eigenvalue weighted by Crippen LogP contribution is -2.13. The number of anilines is 1. The molecule has 1 aliphatic carbocycles. The summed E-state index contributed by atoms with van der Waals surface area (Å²) in [7, 11) is -3.60. The number of para-hydroxylation sites is 1. The van der Waals surface area contributed by atoms with Crippen LogP contribution in [0.5, 0.6) is 0 Å². The number of hydrogen-bond acceptors (Lipinski definition) is 2. The summed E-state index contributed by atoms with van der Waals surface area (Å²) in [6.07, 6.45) is 1.98. The largest absolute Gasteiger partial charge is 0.280 e. The van der Waals surface area contributed by atoms with Crippen LogP contribution >= 0.6 is 0 Å². The molecule has 0 aliphatic heterocycles. The summed E-state index contributed by atoms with van der Waals surface area (Å²) < 4.78 is 28.2. The van der Waals surface area contributed by atoms with Gasteiger partial charge < -0.3 is 0 Å². The number of benzene rings is 3. The molecule has 3 nitrogen and oxygen atoms in total. The van der Waals surface area contributed by atoms with Crippen molar-refractivity contribution in [2.45, 2.75) is 17.7 Å². The SMILES string of the molecule is O=S(=O)(Nc1ccccc1)c1ccc2c3c(cccc13)CC2. The van der Waals surface area contributed by atoms with Crippen molar-refractivity contribution < 1.29 is 8.42 Å². The van der Waals surface area contributed by atoms with Crippen LogP contribution in [0.3, 0.4) is 0 Å². The van der Waals surface area contributed by atoms with E-state index in [4.69, 9.17) is 0 Å². The van der Waals surface area contributed by atoms with Gasteiger partial charge in [-0.15, -0.1) is 0 Å². The minimum atomic E-state index is -3.60. The first-order chi connectivity index (χ1) is 10.6. The van der Waals surface area contributed by atoms with Gasteiger partial charge in [-0.25, -0.2) is 8.42 Å². The van der Waals surface area contributed by atoms with Crippen molar-refractivity contribution in [3.05, 3.63) is 71.8 Å². The fourth-order valence-electron chi connectivity index (χ4n) is 3.17. The quantitative estimate of drug-likeness (QED) is 0.801. The van der Waals surface area contributed by atoms with Crippen LogP contribution in [-0.4, -0.2) is 8.42 Å². The van der Waals surface area contributed by atoms with Crippen LogP contribution in [0.25, 0.3) is 10.8 Å². The van der Waals surface area contributed by atoms with E-state index in [0.29, 0.717) is 10.6 Å². The Bertz CT molecular complexity index is 953. The molecule has 3 aromatic carbocycles. The summed E-state index contributed by atoms with van der Waals surface area (Å²) in [5.74, 6) is 0. The smallest absolute Gasteiger partial charge is 0.262 e. The summed E-state index contributed by atoms with van der Waals surface area (Å²) in [6.45, 7) is 0. The van der Waals surface area contributed by atoms with Crippen molar-refractivity contribution in [3.8, 4) is 0 Å². The number of rotatable bonds is 3. The molecule has 0 bridgehead atoms. The van der Waals surface area contributed by atoms with Crippen molar-refractivity contribution in [1.82, 2.24) is 0 Å². The van der Waals surface area contributed by atoms with E-state index in [1.807, 2.05) is 36.4 Å². The molecule has 4 rings (SSSR count). The molecule has 0 spiro atoms. The first kappa shape index (κ1) is 13.3. The van der Waals surface area contributed by atoms with Crippen molar-refractivity contribution in [2.75, 3.05) is 4.72 Å². The van der Waals surface area contributed by atoms with Crippen molar-refractivity contribution in [2.24, 2.45) is 0 Å². The zero-order valence-corrected chi connectivity index (χ0v) is 12.7. The van der Waals surface area contributed by atoms with E-state index in [9.17, 15) is 8.42 Å². The molecule has 4 heteroatoms. The van der Waals surface area contributed by atoms with E-state index in [1.165, 1.54) is 11.1 Å². The van der Waals surface area contributed by atoms with Gasteiger partial charge in [0.1, 0.15) is 0 Å². The van der Waals surface area contributed by atoms with Crippen LogP contribution in [0.15, 0.2) is 65.6 Å². The molecule has 0 heterocycles. The fraction of sp³-hybridized carbons (Fsp3) is 0.111. The van der Waals surface area contributed by atoms with Crippen LogP contribution in [0.2, 0.25) is 0 Å². The van der Waals surface area contributed by atoms with Crippen molar-refractivity contribution in [3.63, 3.8) is 0 Å². The maximum atomic E-state index is 12.7. The third-order valence-electron chi connectivity index (χ3n) is 4.15. The molecule has 0 fully saturated rings. The average molecular weight is 309 g/mol. The lowest BCUT2D eigenvalue weighted by Gasteiger charge is -2.12. The van der Waals surface area contributed by atoms with Gasteiger partial charge in [-0.2, -0.15) is 0 Å². The van der Waals surface area contributed by atoms with Gasteiger partial charge in [0.2, 0.25) is 0 Å². The van der Waals surface area contributed by atoms with E-state index in [0.717, 1.165) is 23.6 Å². The highest BCUT2D eigenvalue weighted by atomic mass is 32.2. The first-order valence-corrected chi connectivity index (χ1v) is 8.75. The van der Waals surface area contributed by atoms with Gasteiger partial charge in [0.15, 0.2) is 0 Å². The summed E-state index contributed by atoms with van der Waals surface area (Å²) in [6, 6.07) is 18.6. The normalized spacial score (nSPS) is 13.5. The second kappa shape index (κ2) is 4.85. The van der Waals surface area contributed by atoms with Gasteiger partial charge in [0.25, 0.3) is 10.0 Å². The molecule has 0 saturated carbocycles. The minimum Gasteiger partial charge on any atom is -0.280 e. The summed E-state index contributed by atoms with van der Waals surface area (Å²) in [4.78, 5) is 0.346. The summed E-state index contributed by atoms with van der Waals surface area (Å²) >= 11 is 0. The van der Waals surface area contributed by atoms with E-state index in [2.05, 4.69) is 10.8 Å². The van der Waals surface area contributed by atoms with Gasteiger partial charge in [0.05, 0.1) is 4.90 Å². The highest BCUT2D eigenvalue weighted by molar-refractivity contribution is 7.93. The Balaban J connectivity index is 1.88. The molecule has 0 radical (unpaired) electrons. The first-order valence-electron chi connectivity index (χ1n) is 7.26. The zero-order chi connectivity index (χ0) is 15.2. The van der Waals surface area contributed by atoms with Gasteiger partial charge in [0, 0.05) is 11.1 Å². The molecule has 0 unspecified atom stereocenters. The van der Waals surface area contributed by atoms with Crippen molar-refractivity contribution >= 4 is 26.5 Å². The molecule has 0 aromatic heterocycles. The lowest BCUT2D eigenvalue weighted by atomic mass is 10.1. The van der Waals surface area contributed by atoms with Crippen LogP contribution in [0.4, 0.5) is 5.69 Å². The minimum absolute atomic E-state index is 0.346. The molecule has 22 heavy (non-hydrogen) atoms. The van der Waals surface area contributed by atoms with Gasteiger partial charge in [-0.1, -0.05) is 42.5 Å². The third kappa shape index (κ3) is 2.07. The number of aryl methyl sites for hydroxylation is 2. The fourth-order valence-corrected chi connectivity index (χ4v) is 4.43. The highest BCUT2D eigenvalue weighted by Gasteiger charge is 2.22. The molecular weight excluding hydrogens is 294 g/mol. The Kier molecular flexibility index (Phi) is 2.94. The third-order valence-corrected chi connectivity index (χ3v) is 5.59. The van der Waals surface area contributed by atoms with Crippen LogP contribution in [0, 0.1) is 0 Å². The standard InChI is InChI=1S/C18H15NO2S/c20-22(21,19-15-6-2-1-3-7-15)17-12-11-14-10-9-13-5-4-8-16(17)18(13)14/h1-8,11-12,19H,9-10H2. The van der Waals surface area contributed by atoms with Crippen LogP contribution < -0.4 is 4.72 Å². The van der Waals surface area contributed by atoms with E-state index < -0.39 is 10.0 Å². The van der Waals surface area contributed by atoms with Crippen LogP contribution in [0.1, 0.15) is 11.1 Å². The second-order valence-electron chi connectivity index (χ2n) is 5.53. The molecule has 1 aliphatic rings. The van der Waals surface area contributed by atoms with Gasteiger partial charge >= 0.3 is 0 Å². The summed E-state index contributed by atoms with van der Waals surface area (Å²) in [5, 5.41) is 1.93. The van der Waals surface area contributed by atoms with E-state index >= 15 is 0 Å². The lowest BCUT2D eigenvalue weighted by molar-refractivity contribution is 0.602. The number of nitrogens with one attached hydrogen (secondary N) is 1. The Labute approximate surface area is 129 Å². The molecule has 1 N–H and O–H groups in total. The number of hydrogen-bond donors (Lipinski definition) is 1. The van der Waals surface area contributed by atoms with Gasteiger partial charge in [-0.3, -0.25) is 4.72 Å². The number of sulfonamides is 1. The molecule has 110 valence electrons. The Morgan fingerprint density at radius 1 is 0.773 bits per heavy atom. The monoisotopic (exact) mass is 309 g/mol. The predicted octanol–water partition coefficient (Wildman–Crippen LogP) is 3.74. The Morgan fingerprint density at radius 3 is 2.27 bits per heavy atom. The maximum Gasteiger partial charge on any atom is 0.262 e.